The highest BCUT2D eigenvalue weighted by Crippen LogP contribution is 2.28. The number of carbonyl (C=O) groups is 2. The fourth-order valence-corrected chi connectivity index (χ4v) is 4.68. The van der Waals surface area contributed by atoms with Crippen LogP contribution in [-0.4, -0.2) is 50.5 Å². The number of likely N-dealkylation sites (N-methyl/N-ethyl adjacent to an activating group) is 1. The molecule has 1 N–H and O–H groups in total. The van der Waals surface area contributed by atoms with Crippen molar-refractivity contribution in [2.75, 3.05) is 23.7 Å². The number of amides is 2. The second kappa shape index (κ2) is 11.1. The van der Waals surface area contributed by atoms with Crippen molar-refractivity contribution in [1.29, 1.82) is 0 Å². The van der Waals surface area contributed by atoms with Crippen LogP contribution in [0.2, 0.25) is 0 Å². The van der Waals surface area contributed by atoms with E-state index in [-0.39, 0.29) is 12.5 Å². The first-order valence-corrected chi connectivity index (χ1v) is 13.0. The van der Waals surface area contributed by atoms with Crippen molar-refractivity contribution >= 4 is 59.4 Å². The summed E-state index contributed by atoms with van der Waals surface area (Å²) in [5.41, 5.74) is 1.17. The Hall–Kier alpha value is -1.91. The van der Waals surface area contributed by atoms with Crippen molar-refractivity contribution < 1.29 is 18.0 Å². The molecule has 0 fully saturated rings. The van der Waals surface area contributed by atoms with Crippen LogP contribution in [0.1, 0.15) is 19.4 Å². The van der Waals surface area contributed by atoms with Crippen LogP contribution in [0.5, 0.6) is 0 Å². The molecule has 2 aromatic rings. The third kappa shape index (κ3) is 7.05. The topological polar surface area (TPSA) is 86.8 Å². The van der Waals surface area contributed by atoms with Crippen molar-refractivity contribution in [3.8, 4) is 0 Å². The molecule has 31 heavy (non-hydrogen) atoms. The molecule has 0 aliphatic carbocycles. The van der Waals surface area contributed by atoms with Crippen LogP contribution in [0.25, 0.3) is 0 Å². The van der Waals surface area contributed by atoms with Gasteiger partial charge in [-0.25, -0.2) is 8.42 Å². The number of hydrogen-bond acceptors (Lipinski definition) is 4. The number of nitrogens with zero attached hydrogens (tertiary/aromatic N) is 2. The van der Waals surface area contributed by atoms with Gasteiger partial charge in [-0.2, -0.15) is 0 Å². The average molecular weight is 575 g/mol. The van der Waals surface area contributed by atoms with Gasteiger partial charge in [-0.15, -0.1) is 0 Å². The first-order chi connectivity index (χ1) is 14.5. The average Bonchev–Trinajstić information content (AvgIpc) is 2.71. The van der Waals surface area contributed by atoms with E-state index >= 15 is 0 Å². The van der Waals surface area contributed by atoms with Gasteiger partial charge in [-0.05, 0) is 59.6 Å². The van der Waals surface area contributed by atoms with Crippen molar-refractivity contribution in [3.05, 3.63) is 63.0 Å². The van der Waals surface area contributed by atoms with E-state index in [1.54, 1.807) is 38.1 Å². The van der Waals surface area contributed by atoms with Gasteiger partial charge in [-0.3, -0.25) is 13.9 Å². The Labute approximate surface area is 200 Å². The summed E-state index contributed by atoms with van der Waals surface area (Å²) < 4.78 is 27.5. The number of hydrogen-bond donors (Lipinski definition) is 1. The maximum absolute atomic E-state index is 13.3. The number of benzene rings is 2. The molecule has 1 atom stereocenters. The van der Waals surface area contributed by atoms with Crippen molar-refractivity contribution in [1.82, 2.24) is 10.2 Å². The van der Waals surface area contributed by atoms with Gasteiger partial charge in [0.25, 0.3) is 0 Å². The third-order valence-corrected chi connectivity index (χ3v) is 6.91. The van der Waals surface area contributed by atoms with Gasteiger partial charge in [0.05, 0.1) is 11.9 Å². The Balaban J connectivity index is 2.38. The summed E-state index contributed by atoms with van der Waals surface area (Å²) in [5, 5.41) is 2.72. The molecule has 0 aliphatic heterocycles. The highest BCUT2D eigenvalue weighted by molar-refractivity contribution is 9.10. The van der Waals surface area contributed by atoms with Gasteiger partial charge in [-0.1, -0.05) is 40.2 Å². The number of carbonyl (C=O) groups excluding carboxylic acids is 2. The molecule has 2 amide bonds. The largest absolute Gasteiger partial charge is 0.355 e. The molecule has 1 unspecified atom stereocenters. The minimum atomic E-state index is -3.75. The Kier molecular flexibility index (Phi) is 9.08. The monoisotopic (exact) mass is 573 g/mol. The summed E-state index contributed by atoms with van der Waals surface area (Å²) in [6, 6.07) is 13.4. The summed E-state index contributed by atoms with van der Waals surface area (Å²) in [4.78, 5) is 27.2. The van der Waals surface area contributed by atoms with E-state index < -0.39 is 28.5 Å². The summed E-state index contributed by atoms with van der Waals surface area (Å²) in [6.45, 7) is 3.59. The number of para-hydroxylation sites is 1. The lowest BCUT2D eigenvalue weighted by molar-refractivity contribution is -0.139. The Bertz CT molecular complexity index is 1030. The quantitative estimate of drug-likeness (QED) is 0.496. The lowest BCUT2D eigenvalue weighted by Gasteiger charge is -2.31. The van der Waals surface area contributed by atoms with Crippen LogP contribution in [-0.2, 0) is 26.2 Å². The van der Waals surface area contributed by atoms with Crippen LogP contribution >= 0.6 is 31.9 Å². The molecular formula is C21H25Br2N3O4S. The molecule has 0 heterocycles. The highest BCUT2D eigenvalue weighted by atomic mass is 79.9. The number of halogens is 2. The van der Waals surface area contributed by atoms with E-state index in [4.69, 9.17) is 0 Å². The minimum absolute atomic E-state index is 0.165. The van der Waals surface area contributed by atoms with Crippen LogP contribution in [0, 0.1) is 0 Å². The zero-order valence-electron chi connectivity index (χ0n) is 17.5. The lowest BCUT2D eigenvalue weighted by Crippen LogP contribution is -2.51. The van der Waals surface area contributed by atoms with E-state index in [9.17, 15) is 18.0 Å². The summed E-state index contributed by atoms with van der Waals surface area (Å²) in [7, 11) is -3.75. The zero-order valence-corrected chi connectivity index (χ0v) is 21.5. The number of anilines is 1. The van der Waals surface area contributed by atoms with Crippen LogP contribution < -0.4 is 9.62 Å². The van der Waals surface area contributed by atoms with E-state index in [0.717, 1.165) is 20.6 Å². The second-order valence-electron chi connectivity index (χ2n) is 6.94. The Morgan fingerprint density at radius 2 is 1.68 bits per heavy atom. The maximum atomic E-state index is 13.3. The molecule has 10 heteroatoms. The van der Waals surface area contributed by atoms with E-state index in [0.29, 0.717) is 16.7 Å². The normalized spacial score (nSPS) is 12.2. The Morgan fingerprint density at radius 3 is 2.23 bits per heavy atom. The lowest BCUT2D eigenvalue weighted by atomic mass is 10.1. The SMILES string of the molecule is CCNC(=O)C(C)N(Cc1ccc(Br)cc1)C(=O)CN(c1ccccc1Br)S(C)(=O)=O. The minimum Gasteiger partial charge on any atom is -0.355 e. The van der Waals surface area contributed by atoms with Gasteiger partial charge >= 0.3 is 0 Å². The summed E-state index contributed by atoms with van der Waals surface area (Å²) >= 11 is 6.73. The zero-order chi connectivity index (χ0) is 23.2. The number of rotatable bonds is 9. The van der Waals surface area contributed by atoms with E-state index in [1.165, 1.54) is 4.90 Å². The van der Waals surface area contributed by atoms with Crippen molar-refractivity contribution in [2.24, 2.45) is 0 Å². The van der Waals surface area contributed by atoms with Gasteiger partial charge in [0, 0.05) is 22.0 Å². The van der Waals surface area contributed by atoms with Crippen molar-refractivity contribution in [2.45, 2.75) is 26.4 Å². The molecular weight excluding hydrogens is 550 g/mol. The Morgan fingerprint density at radius 1 is 1.06 bits per heavy atom. The van der Waals surface area contributed by atoms with Crippen LogP contribution in [0.3, 0.4) is 0 Å². The van der Waals surface area contributed by atoms with Gasteiger partial charge in [0.1, 0.15) is 12.6 Å². The summed E-state index contributed by atoms with van der Waals surface area (Å²) in [5.74, 6) is -0.789. The van der Waals surface area contributed by atoms with Crippen LogP contribution in [0.15, 0.2) is 57.5 Å². The standard InChI is InChI=1S/C21H25Br2N3O4S/c1-4-24-21(28)15(2)25(13-16-9-11-17(22)12-10-16)20(27)14-26(31(3,29)30)19-8-6-5-7-18(19)23/h5-12,15H,4,13-14H2,1-3H3,(H,24,28). The molecule has 0 bridgehead atoms. The smallest absolute Gasteiger partial charge is 0.244 e. The molecule has 0 aliphatic rings. The summed E-state index contributed by atoms with van der Waals surface area (Å²) in [6.07, 6.45) is 1.05. The van der Waals surface area contributed by atoms with Crippen molar-refractivity contribution in [3.63, 3.8) is 0 Å². The van der Waals surface area contributed by atoms with E-state index in [2.05, 4.69) is 37.2 Å². The molecule has 168 valence electrons. The predicted octanol–water partition coefficient (Wildman–Crippen LogP) is 3.53. The maximum Gasteiger partial charge on any atom is 0.244 e. The highest BCUT2D eigenvalue weighted by Gasteiger charge is 2.30. The molecule has 2 aromatic carbocycles. The third-order valence-electron chi connectivity index (χ3n) is 4.58. The van der Waals surface area contributed by atoms with Crippen LogP contribution in [0.4, 0.5) is 5.69 Å². The fraction of sp³-hybridized carbons (Fsp3) is 0.333. The first kappa shape index (κ1) is 25.4. The molecule has 7 nitrogen and oxygen atoms in total. The molecule has 0 aromatic heterocycles. The fourth-order valence-electron chi connectivity index (χ4n) is 2.94. The first-order valence-electron chi connectivity index (χ1n) is 9.58. The molecule has 0 radical (unpaired) electrons. The molecule has 0 saturated heterocycles. The number of sulfonamides is 1. The molecule has 0 spiro atoms. The predicted molar refractivity (Wildman–Crippen MR) is 129 cm³/mol. The molecule has 2 rings (SSSR count). The second-order valence-corrected chi connectivity index (χ2v) is 10.6. The number of nitrogens with one attached hydrogen (secondary N) is 1. The van der Waals surface area contributed by atoms with Gasteiger partial charge < -0.3 is 10.2 Å². The van der Waals surface area contributed by atoms with Gasteiger partial charge in [0.2, 0.25) is 21.8 Å². The van der Waals surface area contributed by atoms with Gasteiger partial charge in [0.15, 0.2) is 0 Å². The van der Waals surface area contributed by atoms with E-state index in [1.807, 2.05) is 24.3 Å². The molecule has 0 saturated carbocycles.